The molecule has 0 radical (unpaired) electrons. The summed E-state index contributed by atoms with van der Waals surface area (Å²) in [4.78, 5) is 11.2. The van der Waals surface area contributed by atoms with Crippen LogP contribution in [-0.2, 0) is 21.2 Å². The molecule has 0 unspecified atom stereocenters. The highest BCUT2D eigenvalue weighted by Crippen LogP contribution is 2.35. The summed E-state index contributed by atoms with van der Waals surface area (Å²) in [6.07, 6.45) is -0.214. The van der Waals surface area contributed by atoms with Crippen LogP contribution in [0, 0.1) is 17.2 Å². The van der Waals surface area contributed by atoms with Gasteiger partial charge in [0.2, 0.25) is 10.0 Å². The summed E-state index contributed by atoms with van der Waals surface area (Å²) in [7, 11) is -3.93. The van der Waals surface area contributed by atoms with Crippen molar-refractivity contribution in [1.29, 1.82) is 5.26 Å². The smallest absolute Gasteiger partial charge is 0.309 e. The molecule has 2 aromatic carbocycles. The lowest BCUT2D eigenvalue weighted by Crippen LogP contribution is -2.30. The summed E-state index contributed by atoms with van der Waals surface area (Å²) in [6, 6.07) is 13.4. The van der Waals surface area contributed by atoms with Gasteiger partial charge in [0.15, 0.2) is 0 Å². The van der Waals surface area contributed by atoms with Crippen molar-refractivity contribution >= 4 is 26.9 Å². The van der Waals surface area contributed by atoms with Gasteiger partial charge in [-0.3, -0.25) is 9.48 Å². The lowest BCUT2D eigenvalue weighted by atomic mass is 10.1. The molecule has 0 saturated carbocycles. The summed E-state index contributed by atoms with van der Waals surface area (Å²) in [5, 5.41) is 24.1. The first-order valence-electron chi connectivity index (χ1n) is 10.6. The minimum atomic E-state index is -3.93. The number of benzene rings is 2. The first-order valence-corrected chi connectivity index (χ1v) is 12.0. The number of aromatic nitrogens is 2. The molecule has 4 rings (SSSR count). The molecule has 1 fully saturated rings. The molecule has 2 atom stereocenters. The third-order valence-electron chi connectivity index (χ3n) is 5.86. The Morgan fingerprint density at radius 1 is 1.27 bits per heavy atom. The Balaban J connectivity index is 1.69. The van der Waals surface area contributed by atoms with E-state index >= 15 is 0 Å². The standard InChI is InChI=1S/C23H24N4O5S/c1-3-32-17-8-9-22(16(10-17)12-24)33(30,31)26-13-15(2)21(14-26)27-20-7-5-4-6-18(20)19(25-27)11-23(28)29/h4-10,15,21H,3,11,13-14H2,1-2H3,(H,28,29)/t15-,21+/m1/s1. The van der Waals surface area contributed by atoms with Crippen molar-refractivity contribution in [3.8, 4) is 11.8 Å². The predicted octanol–water partition coefficient (Wildman–Crippen LogP) is 2.82. The van der Waals surface area contributed by atoms with E-state index < -0.39 is 16.0 Å². The molecule has 1 aromatic heterocycles. The molecule has 10 heteroatoms. The van der Waals surface area contributed by atoms with Gasteiger partial charge in [-0.15, -0.1) is 0 Å². The van der Waals surface area contributed by atoms with Crippen molar-refractivity contribution < 1.29 is 23.1 Å². The number of para-hydroxylation sites is 1. The molecule has 3 aromatic rings. The SMILES string of the molecule is CCOc1ccc(S(=O)(=O)N2C[C@@H](C)[C@@H](n3nc(CC(=O)O)c4ccccc43)C2)c(C#N)c1. The number of carboxylic acid groups (broad SMARTS) is 1. The largest absolute Gasteiger partial charge is 0.494 e. The number of rotatable bonds is 7. The number of ether oxygens (including phenoxy) is 1. The van der Waals surface area contributed by atoms with Crippen LogP contribution in [0.2, 0.25) is 0 Å². The monoisotopic (exact) mass is 468 g/mol. The average molecular weight is 469 g/mol. The van der Waals surface area contributed by atoms with E-state index in [1.807, 2.05) is 44.2 Å². The number of carbonyl (C=O) groups is 1. The second kappa shape index (κ2) is 8.84. The molecule has 172 valence electrons. The molecule has 1 saturated heterocycles. The highest BCUT2D eigenvalue weighted by molar-refractivity contribution is 7.89. The number of nitrogens with zero attached hydrogens (tertiary/aromatic N) is 4. The van der Waals surface area contributed by atoms with E-state index in [-0.39, 0.29) is 41.9 Å². The molecule has 0 aliphatic carbocycles. The third-order valence-corrected chi connectivity index (χ3v) is 7.75. The van der Waals surface area contributed by atoms with Gasteiger partial charge in [0.05, 0.1) is 35.8 Å². The summed E-state index contributed by atoms with van der Waals surface area (Å²) in [6.45, 7) is 4.58. The van der Waals surface area contributed by atoms with Gasteiger partial charge in [-0.1, -0.05) is 25.1 Å². The van der Waals surface area contributed by atoms with Gasteiger partial charge >= 0.3 is 5.97 Å². The maximum absolute atomic E-state index is 13.4. The van der Waals surface area contributed by atoms with Gasteiger partial charge in [0, 0.05) is 18.5 Å². The van der Waals surface area contributed by atoms with Crippen molar-refractivity contribution in [2.75, 3.05) is 19.7 Å². The fraction of sp³-hybridized carbons (Fsp3) is 0.348. The van der Waals surface area contributed by atoms with Crippen molar-refractivity contribution in [2.45, 2.75) is 31.2 Å². The van der Waals surface area contributed by atoms with Crippen LogP contribution in [0.1, 0.15) is 31.1 Å². The first kappa shape index (κ1) is 22.8. The van der Waals surface area contributed by atoms with Gasteiger partial charge in [0.25, 0.3) is 0 Å². The highest BCUT2D eigenvalue weighted by Gasteiger charge is 2.40. The van der Waals surface area contributed by atoms with Crippen LogP contribution in [0.4, 0.5) is 0 Å². The summed E-state index contributed by atoms with van der Waals surface area (Å²) < 4.78 is 35.4. The minimum Gasteiger partial charge on any atom is -0.494 e. The fourth-order valence-corrected chi connectivity index (χ4v) is 6.00. The number of hydrogen-bond donors (Lipinski definition) is 1. The quantitative estimate of drug-likeness (QED) is 0.565. The van der Waals surface area contributed by atoms with Gasteiger partial charge in [-0.05, 0) is 37.1 Å². The molecule has 33 heavy (non-hydrogen) atoms. The number of sulfonamides is 1. The Kier molecular flexibility index (Phi) is 6.10. The Bertz CT molecular complexity index is 1360. The minimum absolute atomic E-state index is 0.0327. The molecule has 0 bridgehead atoms. The molecule has 1 aliphatic rings. The molecular formula is C23H24N4O5S. The maximum Gasteiger partial charge on any atom is 0.309 e. The van der Waals surface area contributed by atoms with E-state index in [1.54, 1.807) is 10.7 Å². The van der Waals surface area contributed by atoms with E-state index in [1.165, 1.54) is 16.4 Å². The molecule has 0 spiro atoms. The third kappa shape index (κ3) is 4.17. The van der Waals surface area contributed by atoms with E-state index in [2.05, 4.69) is 5.10 Å². The molecule has 0 amide bonds. The molecule has 1 aliphatic heterocycles. The highest BCUT2D eigenvalue weighted by atomic mass is 32.2. The van der Waals surface area contributed by atoms with Crippen LogP contribution in [-0.4, -0.2) is 53.3 Å². The summed E-state index contributed by atoms with van der Waals surface area (Å²) in [5.74, 6) is -0.614. The lowest BCUT2D eigenvalue weighted by Gasteiger charge is -2.18. The Morgan fingerprint density at radius 3 is 2.73 bits per heavy atom. The second-order valence-corrected chi connectivity index (χ2v) is 9.95. The van der Waals surface area contributed by atoms with E-state index in [4.69, 9.17) is 4.74 Å². The number of carboxylic acids is 1. The number of fused-ring (bicyclic) bond motifs is 1. The van der Waals surface area contributed by atoms with Crippen molar-refractivity contribution in [3.05, 3.63) is 53.7 Å². The Morgan fingerprint density at radius 2 is 2.03 bits per heavy atom. The van der Waals surface area contributed by atoms with Crippen LogP contribution in [0.25, 0.3) is 10.9 Å². The Hall–Kier alpha value is -3.42. The van der Waals surface area contributed by atoms with Gasteiger partial charge in [0.1, 0.15) is 16.7 Å². The maximum atomic E-state index is 13.4. The van der Waals surface area contributed by atoms with Crippen molar-refractivity contribution in [3.63, 3.8) is 0 Å². The van der Waals surface area contributed by atoms with E-state index in [0.29, 0.717) is 18.1 Å². The van der Waals surface area contributed by atoms with Crippen LogP contribution in [0.3, 0.4) is 0 Å². The lowest BCUT2D eigenvalue weighted by molar-refractivity contribution is -0.136. The fourth-order valence-electron chi connectivity index (χ4n) is 4.32. The first-order chi connectivity index (χ1) is 15.8. The molecule has 9 nitrogen and oxygen atoms in total. The molecular weight excluding hydrogens is 444 g/mol. The van der Waals surface area contributed by atoms with Crippen molar-refractivity contribution in [2.24, 2.45) is 5.92 Å². The molecule has 2 heterocycles. The van der Waals surface area contributed by atoms with Gasteiger partial charge in [-0.2, -0.15) is 14.7 Å². The van der Waals surface area contributed by atoms with Gasteiger partial charge in [-0.25, -0.2) is 8.42 Å². The number of hydrogen-bond acceptors (Lipinski definition) is 6. The topological polar surface area (TPSA) is 126 Å². The van der Waals surface area contributed by atoms with Gasteiger partial charge < -0.3 is 9.84 Å². The van der Waals surface area contributed by atoms with E-state index in [9.17, 15) is 23.6 Å². The normalized spacial score (nSPS) is 18.9. The van der Waals surface area contributed by atoms with Crippen molar-refractivity contribution in [1.82, 2.24) is 14.1 Å². The van der Waals surface area contributed by atoms with E-state index in [0.717, 1.165) is 10.9 Å². The number of nitriles is 1. The van der Waals surface area contributed by atoms with Crippen LogP contribution in [0.15, 0.2) is 47.4 Å². The zero-order chi connectivity index (χ0) is 23.8. The van der Waals surface area contributed by atoms with Crippen LogP contribution < -0.4 is 4.74 Å². The average Bonchev–Trinajstić information content (AvgIpc) is 3.34. The molecule has 1 N–H and O–H groups in total. The van der Waals surface area contributed by atoms with Crippen LogP contribution >= 0.6 is 0 Å². The summed E-state index contributed by atoms with van der Waals surface area (Å²) in [5.41, 5.74) is 1.25. The Labute approximate surface area is 191 Å². The summed E-state index contributed by atoms with van der Waals surface area (Å²) >= 11 is 0. The zero-order valence-electron chi connectivity index (χ0n) is 18.3. The second-order valence-electron chi connectivity index (χ2n) is 8.05. The zero-order valence-corrected chi connectivity index (χ0v) is 19.1. The van der Waals surface area contributed by atoms with Crippen LogP contribution in [0.5, 0.6) is 5.75 Å². The number of aliphatic carboxylic acids is 1. The predicted molar refractivity (Wildman–Crippen MR) is 120 cm³/mol.